The van der Waals surface area contributed by atoms with E-state index in [0.29, 0.717) is 19.4 Å². The summed E-state index contributed by atoms with van der Waals surface area (Å²) in [5.41, 5.74) is 0. The normalized spacial score (nSPS) is 12.4. The largest absolute Gasteiger partial charge is 0.389 e. The number of rotatable bonds is 32. The molecule has 232 valence electrons. The standard InChI is InChI=1S/C36H71NO2/c1-3-5-7-9-11-13-15-17-18-20-22-24-26-28-30-32-36(39)37-34-33-35(38)31-29-27-25-23-21-19-16-14-12-10-8-6-4-2/h29,31,35,38H,3-28,30,32-34H2,1-2H3,(H,37,39)/b31-29+. The first-order valence-electron chi connectivity index (χ1n) is 17.8. The van der Waals surface area contributed by atoms with Gasteiger partial charge < -0.3 is 10.4 Å². The lowest BCUT2D eigenvalue weighted by Gasteiger charge is -2.08. The van der Waals surface area contributed by atoms with E-state index in [1.54, 1.807) is 0 Å². The summed E-state index contributed by atoms with van der Waals surface area (Å²) in [5, 5.41) is 13.1. The first kappa shape index (κ1) is 38.2. The molecule has 0 aliphatic heterocycles. The topological polar surface area (TPSA) is 49.3 Å². The molecule has 3 nitrogen and oxygen atoms in total. The van der Waals surface area contributed by atoms with Crippen molar-refractivity contribution in [1.82, 2.24) is 5.32 Å². The van der Waals surface area contributed by atoms with Crippen molar-refractivity contribution >= 4 is 5.91 Å². The van der Waals surface area contributed by atoms with E-state index in [9.17, 15) is 9.90 Å². The molecular formula is C36H71NO2. The Hall–Kier alpha value is -0.830. The Balaban J connectivity index is 3.33. The van der Waals surface area contributed by atoms with Crippen LogP contribution in [-0.2, 0) is 4.79 Å². The summed E-state index contributed by atoms with van der Waals surface area (Å²) in [6.07, 6.45) is 41.1. The molecule has 2 N–H and O–H groups in total. The van der Waals surface area contributed by atoms with Crippen molar-refractivity contribution in [3.8, 4) is 0 Å². The van der Waals surface area contributed by atoms with Crippen molar-refractivity contribution < 1.29 is 9.90 Å². The molecule has 0 aromatic heterocycles. The second-order valence-electron chi connectivity index (χ2n) is 12.2. The van der Waals surface area contributed by atoms with E-state index in [2.05, 4.69) is 25.2 Å². The van der Waals surface area contributed by atoms with Crippen LogP contribution >= 0.6 is 0 Å². The summed E-state index contributed by atoms with van der Waals surface area (Å²) in [4.78, 5) is 12.0. The number of aliphatic hydroxyl groups excluding tert-OH is 1. The zero-order chi connectivity index (χ0) is 28.5. The molecule has 0 saturated heterocycles. The molecule has 0 rings (SSSR count). The van der Waals surface area contributed by atoms with Crippen LogP contribution in [0.25, 0.3) is 0 Å². The zero-order valence-electron chi connectivity index (χ0n) is 26.8. The first-order chi connectivity index (χ1) is 19.2. The molecule has 0 spiro atoms. The highest BCUT2D eigenvalue weighted by Crippen LogP contribution is 2.14. The summed E-state index contributed by atoms with van der Waals surface area (Å²) in [6.45, 7) is 5.13. The zero-order valence-corrected chi connectivity index (χ0v) is 26.8. The molecule has 0 aromatic rings. The third-order valence-electron chi connectivity index (χ3n) is 8.10. The smallest absolute Gasteiger partial charge is 0.219 e. The fourth-order valence-corrected chi connectivity index (χ4v) is 5.38. The van der Waals surface area contributed by atoms with Crippen LogP contribution in [0.4, 0.5) is 0 Å². The molecule has 1 amide bonds. The van der Waals surface area contributed by atoms with Gasteiger partial charge >= 0.3 is 0 Å². The van der Waals surface area contributed by atoms with E-state index in [4.69, 9.17) is 0 Å². The number of hydrogen-bond acceptors (Lipinski definition) is 2. The van der Waals surface area contributed by atoms with Gasteiger partial charge in [0.2, 0.25) is 5.91 Å². The molecule has 1 atom stereocenters. The number of unbranched alkanes of at least 4 members (excludes halogenated alkanes) is 25. The minimum atomic E-state index is -0.441. The molecule has 0 fully saturated rings. The lowest BCUT2D eigenvalue weighted by Crippen LogP contribution is -2.26. The Labute approximate surface area is 245 Å². The number of carbonyl (C=O) groups excluding carboxylic acids is 1. The maximum Gasteiger partial charge on any atom is 0.219 e. The predicted molar refractivity (Wildman–Crippen MR) is 173 cm³/mol. The van der Waals surface area contributed by atoms with Crippen LogP contribution in [0.5, 0.6) is 0 Å². The fraction of sp³-hybridized carbons (Fsp3) is 0.917. The Morgan fingerprint density at radius 3 is 1.33 bits per heavy atom. The maximum absolute atomic E-state index is 12.0. The lowest BCUT2D eigenvalue weighted by molar-refractivity contribution is -0.121. The van der Waals surface area contributed by atoms with Crippen LogP contribution < -0.4 is 5.32 Å². The van der Waals surface area contributed by atoms with Crippen LogP contribution in [0, 0.1) is 0 Å². The summed E-state index contributed by atoms with van der Waals surface area (Å²) < 4.78 is 0. The SMILES string of the molecule is CCCCCCCCCCCCC/C=C/C(O)CCNC(=O)CCCCCCCCCCCCCCCCC. The van der Waals surface area contributed by atoms with E-state index in [-0.39, 0.29) is 5.91 Å². The van der Waals surface area contributed by atoms with Gasteiger partial charge in [0.15, 0.2) is 0 Å². The molecule has 0 aromatic carbocycles. The van der Waals surface area contributed by atoms with Crippen LogP contribution in [0.2, 0.25) is 0 Å². The van der Waals surface area contributed by atoms with Gasteiger partial charge in [-0.25, -0.2) is 0 Å². The highest BCUT2D eigenvalue weighted by atomic mass is 16.3. The number of allylic oxidation sites excluding steroid dienone is 1. The minimum Gasteiger partial charge on any atom is -0.389 e. The fourth-order valence-electron chi connectivity index (χ4n) is 5.38. The summed E-state index contributed by atoms with van der Waals surface area (Å²) >= 11 is 0. The number of aliphatic hydroxyl groups is 1. The van der Waals surface area contributed by atoms with E-state index >= 15 is 0 Å². The quantitative estimate of drug-likeness (QED) is 0.0647. The van der Waals surface area contributed by atoms with Gasteiger partial charge in [0.25, 0.3) is 0 Å². The van der Waals surface area contributed by atoms with Gasteiger partial charge in [0, 0.05) is 13.0 Å². The molecule has 1 unspecified atom stereocenters. The van der Waals surface area contributed by atoms with Crippen LogP contribution in [0.15, 0.2) is 12.2 Å². The Morgan fingerprint density at radius 1 is 0.564 bits per heavy atom. The van der Waals surface area contributed by atoms with Gasteiger partial charge in [-0.2, -0.15) is 0 Å². The highest BCUT2D eigenvalue weighted by Gasteiger charge is 2.03. The van der Waals surface area contributed by atoms with E-state index < -0.39 is 6.10 Å². The summed E-state index contributed by atoms with van der Waals surface area (Å²) in [6, 6.07) is 0. The maximum atomic E-state index is 12.0. The van der Waals surface area contributed by atoms with Crippen molar-refractivity contribution in [2.75, 3.05) is 6.54 Å². The van der Waals surface area contributed by atoms with Crippen molar-refractivity contribution in [3.05, 3.63) is 12.2 Å². The van der Waals surface area contributed by atoms with Crippen molar-refractivity contribution in [2.45, 2.75) is 206 Å². The molecule has 3 heteroatoms. The summed E-state index contributed by atoms with van der Waals surface area (Å²) in [7, 11) is 0. The first-order valence-corrected chi connectivity index (χ1v) is 17.8. The van der Waals surface area contributed by atoms with Gasteiger partial charge in [-0.3, -0.25) is 4.79 Å². The number of amides is 1. The monoisotopic (exact) mass is 550 g/mol. The van der Waals surface area contributed by atoms with Gasteiger partial charge in [0.1, 0.15) is 0 Å². The van der Waals surface area contributed by atoms with E-state index in [1.807, 2.05) is 6.08 Å². The van der Waals surface area contributed by atoms with Gasteiger partial charge in [-0.15, -0.1) is 0 Å². The highest BCUT2D eigenvalue weighted by molar-refractivity contribution is 5.75. The van der Waals surface area contributed by atoms with Crippen molar-refractivity contribution in [1.29, 1.82) is 0 Å². The predicted octanol–water partition coefficient (Wildman–Crippen LogP) is 11.4. The Kier molecular flexibility index (Phi) is 32.7. The van der Waals surface area contributed by atoms with E-state index in [0.717, 1.165) is 19.3 Å². The molecular weight excluding hydrogens is 478 g/mol. The Morgan fingerprint density at radius 2 is 0.923 bits per heavy atom. The molecule has 0 aliphatic carbocycles. The van der Waals surface area contributed by atoms with Gasteiger partial charge in [-0.05, 0) is 25.7 Å². The third kappa shape index (κ3) is 33.3. The average molecular weight is 550 g/mol. The molecule has 0 heterocycles. The van der Waals surface area contributed by atoms with Crippen molar-refractivity contribution in [2.24, 2.45) is 0 Å². The molecule has 0 saturated carbocycles. The number of nitrogens with one attached hydrogen (secondary N) is 1. The summed E-state index contributed by atoms with van der Waals surface area (Å²) in [5.74, 6) is 0.141. The average Bonchev–Trinajstić information content (AvgIpc) is 2.93. The molecule has 39 heavy (non-hydrogen) atoms. The van der Waals surface area contributed by atoms with Crippen LogP contribution in [-0.4, -0.2) is 23.7 Å². The number of hydrogen-bond donors (Lipinski definition) is 2. The Bertz CT molecular complexity index is 504. The molecule has 0 radical (unpaired) electrons. The van der Waals surface area contributed by atoms with Crippen LogP contribution in [0.3, 0.4) is 0 Å². The number of carbonyl (C=O) groups is 1. The van der Waals surface area contributed by atoms with E-state index in [1.165, 1.54) is 154 Å². The lowest BCUT2D eigenvalue weighted by atomic mass is 10.0. The second kappa shape index (κ2) is 33.4. The van der Waals surface area contributed by atoms with Gasteiger partial charge in [-0.1, -0.05) is 180 Å². The van der Waals surface area contributed by atoms with Crippen molar-refractivity contribution in [3.63, 3.8) is 0 Å². The molecule has 0 bridgehead atoms. The second-order valence-corrected chi connectivity index (χ2v) is 12.2. The molecule has 0 aliphatic rings. The third-order valence-corrected chi connectivity index (χ3v) is 8.10. The van der Waals surface area contributed by atoms with Crippen LogP contribution in [0.1, 0.15) is 200 Å². The minimum absolute atomic E-state index is 0.141. The van der Waals surface area contributed by atoms with Gasteiger partial charge in [0.05, 0.1) is 6.10 Å².